The maximum atomic E-state index is 13.0. The van der Waals surface area contributed by atoms with E-state index in [1.54, 1.807) is 35.2 Å². The second kappa shape index (κ2) is 7.56. The smallest absolute Gasteiger partial charge is 0.267 e. The second-order valence-corrected chi connectivity index (χ2v) is 8.22. The van der Waals surface area contributed by atoms with Crippen molar-refractivity contribution >= 4 is 27.3 Å². The summed E-state index contributed by atoms with van der Waals surface area (Å²) in [5.41, 5.74) is 2.22. The van der Waals surface area contributed by atoms with E-state index >= 15 is 0 Å². The van der Waals surface area contributed by atoms with Gasteiger partial charge in [0.25, 0.3) is 10.0 Å². The van der Waals surface area contributed by atoms with E-state index in [0.29, 0.717) is 18.0 Å². The van der Waals surface area contributed by atoms with Crippen LogP contribution in [0.15, 0.2) is 72.1 Å². The Morgan fingerprint density at radius 2 is 1.90 bits per heavy atom. The number of hydrogen-bond acceptors (Lipinski definition) is 5. The number of carbonyl (C=O) groups is 1. The monoisotopic (exact) mass is 409 g/mol. The molecule has 0 aliphatic rings. The molecule has 1 aromatic carbocycles. The predicted molar refractivity (Wildman–Crippen MR) is 109 cm³/mol. The number of benzene rings is 1. The molecule has 29 heavy (non-hydrogen) atoms. The zero-order chi connectivity index (χ0) is 20.4. The van der Waals surface area contributed by atoms with Crippen LogP contribution in [0.25, 0.3) is 22.2 Å². The van der Waals surface area contributed by atoms with E-state index in [9.17, 15) is 13.2 Å². The molecular weight excluding hydrogens is 390 g/mol. The molecule has 3 heterocycles. The fourth-order valence-electron chi connectivity index (χ4n) is 3.25. The van der Waals surface area contributed by atoms with Gasteiger partial charge in [-0.05, 0) is 49.4 Å². The van der Waals surface area contributed by atoms with Gasteiger partial charge in [0, 0.05) is 41.3 Å². The van der Waals surface area contributed by atoms with Crippen LogP contribution < -0.4 is 4.74 Å². The molecule has 0 N–H and O–H groups in total. The van der Waals surface area contributed by atoms with E-state index in [0.717, 1.165) is 22.8 Å². The Hall–Kier alpha value is -3.39. The minimum atomic E-state index is -3.73. The highest BCUT2D eigenvalue weighted by molar-refractivity contribution is 7.90. The molecule has 4 rings (SSSR count). The molecule has 0 fully saturated rings. The summed E-state index contributed by atoms with van der Waals surface area (Å²) in [6.45, 7) is 2.56. The van der Waals surface area contributed by atoms with Crippen LogP contribution in [0.5, 0.6) is 5.75 Å². The molecule has 0 aliphatic heterocycles. The summed E-state index contributed by atoms with van der Waals surface area (Å²) in [4.78, 5) is 15.5. The van der Waals surface area contributed by atoms with Crippen LogP contribution in [0.2, 0.25) is 0 Å². The first-order valence-electron chi connectivity index (χ1n) is 9.09. The predicted octanol–water partition coefficient (Wildman–Crippen LogP) is 3.34. The third kappa shape index (κ3) is 3.42. The first-order chi connectivity index (χ1) is 14.0. The van der Waals surface area contributed by atoms with E-state index < -0.39 is 10.0 Å². The van der Waals surface area contributed by atoms with Crippen molar-refractivity contribution in [3.8, 4) is 16.9 Å². The van der Waals surface area contributed by atoms with Gasteiger partial charge in [-0.15, -0.1) is 0 Å². The third-order valence-electron chi connectivity index (χ3n) is 4.59. The van der Waals surface area contributed by atoms with E-state index in [-0.39, 0.29) is 11.4 Å². The summed E-state index contributed by atoms with van der Waals surface area (Å²) in [6.07, 6.45) is 7.36. The molecule has 4 aromatic rings. The van der Waals surface area contributed by atoms with Crippen molar-refractivity contribution in [2.45, 2.75) is 18.4 Å². The number of fused-ring (bicyclic) bond motifs is 1. The number of nitrogens with zero attached hydrogens (tertiary/aromatic N) is 3. The lowest BCUT2D eigenvalue weighted by atomic mass is 10.1. The quantitative estimate of drug-likeness (QED) is 0.437. The van der Waals surface area contributed by atoms with Gasteiger partial charge in [0.2, 0.25) is 0 Å². The van der Waals surface area contributed by atoms with Crippen molar-refractivity contribution in [3.63, 3.8) is 0 Å². The van der Waals surface area contributed by atoms with Gasteiger partial charge in [0.1, 0.15) is 17.7 Å². The van der Waals surface area contributed by atoms with Crippen molar-refractivity contribution in [2.75, 3.05) is 6.61 Å². The van der Waals surface area contributed by atoms with Crippen molar-refractivity contribution in [1.82, 2.24) is 13.5 Å². The Balaban J connectivity index is 1.73. The van der Waals surface area contributed by atoms with E-state index in [1.807, 2.05) is 25.3 Å². The molecule has 0 amide bonds. The van der Waals surface area contributed by atoms with E-state index in [1.165, 1.54) is 22.3 Å². The lowest BCUT2D eigenvalue weighted by molar-refractivity contribution is -0.108. The van der Waals surface area contributed by atoms with Crippen LogP contribution in [-0.2, 0) is 21.4 Å². The lowest BCUT2D eigenvalue weighted by Crippen LogP contribution is -2.10. The zero-order valence-corrected chi connectivity index (χ0v) is 16.5. The van der Waals surface area contributed by atoms with Gasteiger partial charge in [-0.25, -0.2) is 17.4 Å². The number of pyridine rings is 1. The molecule has 0 bridgehead atoms. The fraction of sp³-hybridized carbons (Fsp3) is 0.143. The molecule has 0 atom stereocenters. The Morgan fingerprint density at radius 1 is 1.10 bits per heavy atom. The average Bonchev–Trinajstić information content (AvgIpc) is 3.35. The fourth-order valence-corrected chi connectivity index (χ4v) is 4.45. The Morgan fingerprint density at radius 3 is 2.62 bits per heavy atom. The molecule has 0 spiro atoms. The number of aldehydes is 1. The number of aromatic nitrogens is 3. The molecule has 7 nitrogen and oxygen atoms in total. The normalized spacial score (nSPS) is 11.6. The molecule has 0 radical (unpaired) electrons. The maximum absolute atomic E-state index is 13.0. The summed E-state index contributed by atoms with van der Waals surface area (Å²) in [7, 11) is -3.73. The third-order valence-corrected chi connectivity index (χ3v) is 6.24. The van der Waals surface area contributed by atoms with Crippen molar-refractivity contribution in [1.29, 1.82) is 0 Å². The van der Waals surface area contributed by atoms with Crippen LogP contribution in [0, 0.1) is 0 Å². The first-order valence-corrected chi connectivity index (χ1v) is 10.5. The number of ether oxygens (including phenoxy) is 1. The summed E-state index contributed by atoms with van der Waals surface area (Å²) in [5.74, 6) is 0.620. The standard InChI is InChI=1S/C21H19N3O4S/c1-2-28-17-5-7-18(8-6-17)29(26,27)24-11-9-16(14-24)20-15-23(12-13-25)21-19(20)4-3-10-22-21/h3-11,13-15H,2,12H2,1H3. The lowest BCUT2D eigenvalue weighted by Gasteiger charge is -2.07. The van der Waals surface area contributed by atoms with Gasteiger partial charge < -0.3 is 14.1 Å². The van der Waals surface area contributed by atoms with Crippen molar-refractivity contribution in [3.05, 3.63) is 67.3 Å². The molecule has 3 aromatic heterocycles. The highest BCUT2D eigenvalue weighted by Gasteiger charge is 2.19. The molecule has 148 valence electrons. The van der Waals surface area contributed by atoms with Gasteiger partial charge in [0.15, 0.2) is 0 Å². The van der Waals surface area contributed by atoms with Crippen LogP contribution >= 0.6 is 0 Å². The SMILES string of the molecule is CCOc1ccc(S(=O)(=O)n2ccc(-c3cn(CC=O)c4ncccc34)c2)cc1. The van der Waals surface area contributed by atoms with Gasteiger partial charge in [-0.2, -0.15) is 0 Å². The van der Waals surface area contributed by atoms with Crippen molar-refractivity contribution < 1.29 is 17.9 Å². The summed E-state index contributed by atoms with van der Waals surface area (Å²) < 4.78 is 34.3. The maximum Gasteiger partial charge on any atom is 0.267 e. The second-order valence-electron chi connectivity index (χ2n) is 6.38. The average molecular weight is 409 g/mol. The van der Waals surface area contributed by atoms with Crippen molar-refractivity contribution in [2.24, 2.45) is 0 Å². The zero-order valence-electron chi connectivity index (χ0n) is 15.7. The van der Waals surface area contributed by atoms with Crippen LogP contribution in [-0.4, -0.2) is 34.8 Å². The summed E-state index contributed by atoms with van der Waals surface area (Å²) in [5, 5.41) is 0.852. The molecular formula is C21H19N3O4S. The Kier molecular flexibility index (Phi) is 4.94. The Labute approximate surface area is 168 Å². The molecule has 0 saturated carbocycles. The summed E-state index contributed by atoms with van der Waals surface area (Å²) >= 11 is 0. The van der Waals surface area contributed by atoms with E-state index in [2.05, 4.69) is 4.98 Å². The van der Waals surface area contributed by atoms with Gasteiger partial charge in [-0.1, -0.05) is 0 Å². The van der Waals surface area contributed by atoms with Gasteiger partial charge >= 0.3 is 0 Å². The highest BCUT2D eigenvalue weighted by atomic mass is 32.2. The topological polar surface area (TPSA) is 83.2 Å². The van der Waals surface area contributed by atoms with Crippen LogP contribution in [0.3, 0.4) is 0 Å². The van der Waals surface area contributed by atoms with Crippen LogP contribution in [0.4, 0.5) is 0 Å². The summed E-state index contributed by atoms with van der Waals surface area (Å²) in [6, 6.07) is 11.8. The minimum Gasteiger partial charge on any atom is -0.494 e. The van der Waals surface area contributed by atoms with Crippen LogP contribution in [0.1, 0.15) is 6.92 Å². The Bertz CT molecular complexity index is 1270. The molecule has 0 unspecified atom stereocenters. The number of carbonyl (C=O) groups excluding carboxylic acids is 1. The largest absolute Gasteiger partial charge is 0.494 e. The number of hydrogen-bond donors (Lipinski definition) is 0. The molecule has 0 aliphatic carbocycles. The highest BCUT2D eigenvalue weighted by Crippen LogP contribution is 2.31. The molecule has 8 heteroatoms. The van der Waals surface area contributed by atoms with Gasteiger partial charge in [0.05, 0.1) is 18.0 Å². The van der Waals surface area contributed by atoms with E-state index in [4.69, 9.17) is 4.74 Å². The van der Waals surface area contributed by atoms with Gasteiger partial charge in [-0.3, -0.25) is 0 Å². The first kappa shape index (κ1) is 18.9. The number of rotatable bonds is 7. The molecule has 0 saturated heterocycles. The minimum absolute atomic E-state index is 0.174.